The number of aliphatic carboxylic acids is 1. The number of aromatic amines is 1. The second-order valence-corrected chi connectivity index (χ2v) is 8.37. The molecule has 0 amide bonds. The summed E-state index contributed by atoms with van der Waals surface area (Å²) < 4.78 is 15.5. The van der Waals surface area contributed by atoms with E-state index < -0.39 is 17.7 Å². The number of anilines is 1. The van der Waals surface area contributed by atoms with Gasteiger partial charge in [0.2, 0.25) is 0 Å². The van der Waals surface area contributed by atoms with Gasteiger partial charge in [-0.05, 0) is 36.5 Å². The van der Waals surface area contributed by atoms with Gasteiger partial charge in [-0.1, -0.05) is 24.3 Å². The van der Waals surface area contributed by atoms with Gasteiger partial charge in [0, 0.05) is 29.4 Å². The molecule has 1 saturated carbocycles. The summed E-state index contributed by atoms with van der Waals surface area (Å²) in [6.07, 6.45) is 10.1. The van der Waals surface area contributed by atoms with E-state index in [9.17, 15) is 14.3 Å². The Kier molecular flexibility index (Phi) is 3.95. The topological polar surface area (TPSA) is 108 Å². The first-order valence-electron chi connectivity index (χ1n) is 10.3. The highest BCUT2D eigenvalue weighted by atomic mass is 19.1. The van der Waals surface area contributed by atoms with Crippen LogP contribution in [0.25, 0.3) is 34.0 Å². The normalized spacial score (nSPS) is 21.9. The first-order chi connectivity index (χ1) is 15.5. The van der Waals surface area contributed by atoms with Gasteiger partial charge in [-0.3, -0.25) is 4.79 Å². The molecule has 4 heterocycles. The SMILES string of the molecule is C=Cc1cc2c(N[C@H]3C4CC(=C[C@@H]3C(=O)O)C4)nc(-c3c[nH]c4ncc(F)cc34)nn2c1. The maximum atomic E-state index is 13.9. The third-order valence-electron chi connectivity index (χ3n) is 6.41. The van der Waals surface area contributed by atoms with Crippen molar-refractivity contribution in [1.82, 2.24) is 24.6 Å². The molecule has 8 nitrogen and oxygen atoms in total. The van der Waals surface area contributed by atoms with E-state index in [1.807, 2.05) is 18.3 Å². The Hall–Kier alpha value is -4.01. The van der Waals surface area contributed by atoms with Crippen LogP contribution >= 0.6 is 0 Å². The standard InChI is InChI=1S/C23H19FN6O2/c1-2-11-6-18-22(27-19-13-3-12(4-13)5-16(19)23(31)32)28-21(29-30(18)10-11)17-9-26-20-15(17)7-14(24)8-25-20/h2,5-10,13,16,19H,1,3-4H2,(H,25,26)(H,31,32)(H,27,28,29)/t16-,19-/m0/s1. The van der Waals surface area contributed by atoms with Crippen LogP contribution in [0.3, 0.4) is 0 Å². The number of H-pyrrole nitrogens is 1. The average molecular weight is 430 g/mol. The van der Waals surface area contributed by atoms with Crippen LogP contribution < -0.4 is 5.32 Å². The molecule has 2 atom stereocenters. The van der Waals surface area contributed by atoms with Gasteiger partial charge in [0.1, 0.15) is 17.0 Å². The number of carboxylic acid groups (broad SMARTS) is 1. The van der Waals surface area contributed by atoms with Crippen LogP contribution in [0.2, 0.25) is 0 Å². The van der Waals surface area contributed by atoms with Crippen LogP contribution in [0.15, 0.2) is 49.0 Å². The molecule has 0 aliphatic heterocycles. The Balaban J connectivity index is 1.50. The summed E-state index contributed by atoms with van der Waals surface area (Å²) in [5.74, 6) is -0.771. The lowest BCUT2D eigenvalue weighted by Gasteiger charge is -2.44. The minimum Gasteiger partial charge on any atom is -0.481 e. The van der Waals surface area contributed by atoms with E-state index in [0.29, 0.717) is 33.8 Å². The second kappa shape index (κ2) is 6.74. The van der Waals surface area contributed by atoms with Gasteiger partial charge in [-0.15, -0.1) is 5.10 Å². The molecule has 0 unspecified atom stereocenters. The van der Waals surface area contributed by atoms with E-state index in [-0.39, 0.29) is 12.0 Å². The molecule has 160 valence electrons. The van der Waals surface area contributed by atoms with Crippen LogP contribution in [0.5, 0.6) is 0 Å². The average Bonchev–Trinajstić information content (AvgIpc) is 3.36. The summed E-state index contributed by atoms with van der Waals surface area (Å²) in [7, 11) is 0. The molecule has 0 saturated heterocycles. The molecule has 32 heavy (non-hydrogen) atoms. The maximum Gasteiger partial charge on any atom is 0.312 e. The number of fused-ring (bicyclic) bond motifs is 4. The summed E-state index contributed by atoms with van der Waals surface area (Å²) >= 11 is 0. The number of nitrogens with zero attached hydrogens (tertiary/aromatic N) is 4. The van der Waals surface area contributed by atoms with Crippen molar-refractivity contribution in [1.29, 1.82) is 0 Å². The highest BCUT2D eigenvalue weighted by Gasteiger charge is 2.43. The number of hydrogen-bond donors (Lipinski definition) is 3. The second-order valence-electron chi connectivity index (χ2n) is 8.37. The lowest BCUT2D eigenvalue weighted by Crippen LogP contribution is -2.47. The zero-order valence-electron chi connectivity index (χ0n) is 16.9. The van der Waals surface area contributed by atoms with E-state index in [4.69, 9.17) is 4.98 Å². The highest BCUT2D eigenvalue weighted by Crippen LogP contribution is 2.45. The van der Waals surface area contributed by atoms with Crippen LogP contribution in [0.4, 0.5) is 10.2 Å². The summed E-state index contributed by atoms with van der Waals surface area (Å²) in [6.45, 7) is 3.83. The van der Waals surface area contributed by atoms with Crippen molar-refractivity contribution in [3.8, 4) is 11.4 Å². The predicted octanol–water partition coefficient (Wildman–Crippen LogP) is 3.89. The minimum absolute atomic E-state index is 0.245. The van der Waals surface area contributed by atoms with Crippen molar-refractivity contribution in [3.05, 3.63) is 60.3 Å². The van der Waals surface area contributed by atoms with Gasteiger partial charge >= 0.3 is 5.97 Å². The number of rotatable bonds is 5. The fourth-order valence-electron chi connectivity index (χ4n) is 4.76. The number of allylic oxidation sites excluding steroid dienone is 1. The highest BCUT2D eigenvalue weighted by molar-refractivity contribution is 5.92. The lowest BCUT2D eigenvalue weighted by molar-refractivity contribution is -0.141. The Bertz CT molecular complexity index is 1440. The van der Waals surface area contributed by atoms with Crippen LogP contribution in [-0.4, -0.2) is 41.7 Å². The third-order valence-corrected chi connectivity index (χ3v) is 6.41. The molecule has 0 aromatic carbocycles. The molecule has 3 N–H and O–H groups in total. The Morgan fingerprint density at radius 3 is 3.00 bits per heavy atom. The summed E-state index contributed by atoms with van der Waals surface area (Å²) in [5.41, 5.74) is 3.92. The summed E-state index contributed by atoms with van der Waals surface area (Å²) in [5, 5.41) is 18.3. The van der Waals surface area contributed by atoms with Crippen molar-refractivity contribution in [2.75, 3.05) is 5.32 Å². The molecule has 9 heteroatoms. The summed E-state index contributed by atoms with van der Waals surface area (Å²) in [4.78, 5) is 23.7. The predicted molar refractivity (Wildman–Crippen MR) is 117 cm³/mol. The van der Waals surface area contributed by atoms with E-state index >= 15 is 0 Å². The fraction of sp³-hybridized carbons (Fsp3) is 0.217. The molecular weight excluding hydrogens is 411 g/mol. The zero-order chi connectivity index (χ0) is 22.0. The van der Waals surface area contributed by atoms with Crippen molar-refractivity contribution in [2.45, 2.75) is 18.9 Å². The number of halogens is 1. The first kappa shape index (κ1) is 18.7. The molecule has 7 rings (SSSR count). The Labute approximate surface area is 181 Å². The molecule has 4 aromatic rings. The van der Waals surface area contributed by atoms with E-state index in [1.54, 1.807) is 16.8 Å². The van der Waals surface area contributed by atoms with Crippen LogP contribution in [0, 0.1) is 17.7 Å². The first-order valence-corrected chi connectivity index (χ1v) is 10.3. The number of hydrogen-bond acceptors (Lipinski definition) is 5. The lowest BCUT2D eigenvalue weighted by atomic mass is 9.65. The number of carbonyl (C=O) groups is 1. The van der Waals surface area contributed by atoms with Gasteiger partial charge < -0.3 is 15.4 Å². The van der Waals surface area contributed by atoms with Gasteiger partial charge in [0.05, 0.1) is 12.1 Å². The molecule has 0 spiro atoms. The number of carboxylic acids is 1. The van der Waals surface area contributed by atoms with Crippen LogP contribution in [-0.2, 0) is 4.79 Å². The zero-order valence-corrected chi connectivity index (χ0v) is 16.9. The van der Waals surface area contributed by atoms with E-state index in [0.717, 1.165) is 24.6 Å². The maximum absolute atomic E-state index is 13.9. The van der Waals surface area contributed by atoms with Crippen molar-refractivity contribution >= 4 is 34.4 Å². The fourth-order valence-corrected chi connectivity index (χ4v) is 4.76. The van der Waals surface area contributed by atoms with Crippen LogP contribution in [0.1, 0.15) is 18.4 Å². The Morgan fingerprint density at radius 2 is 2.22 bits per heavy atom. The molecule has 2 bridgehead atoms. The van der Waals surface area contributed by atoms with Gasteiger partial charge in [0.15, 0.2) is 11.6 Å². The van der Waals surface area contributed by atoms with Crippen molar-refractivity contribution < 1.29 is 14.3 Å². The van der Waals surface area contributed by atoms with Gasteiger partial charge in [-0.25, -0.2) is 18.9 Å². The number of aromatic nitrogens is 5. The smallest absolute Gasteiger partial charge is 0.312 e. The van der Waals surface area contributed by atoms with E-state index in [2.05, 4.69) is 27.0 Å². The molecule has 1 fully saturated rings. The minimum atomic E-state index is -0.852. The van der Waals surface area contributed by atoms with E-state index in [1.165, 1.54) is 11.6 Å². The van der Waals surface area contributed by atoms with Gasteiger partial charge in [-0.2, -0.15) is 0 Å². The monoisotopic (exact) mass is 430 g/mol. The quantitative estimate of drug-likeness (QED) is 0.415. The van der Waals surface area contributed by atoms with Gasteiger partial charge in [0.25, 0.3) is 0 Å². The molecule has 3 aliphatic carbocycles. The Morgan fingerprint density at radius 1 is 1.38 bits per heavy atom. The third kappa shape index (κ3) is 2.81. The molecule has 3 aliphatic rings. The largest absolute Gasteiger partial charge is 0.481 e. The molecular formula is C23H19FN6O2. The van der Waals surface area contributed by atoms with Crippen molar-refractivity contribution in [3.63, 3.8) is 0 Å². The summed E-state index contributed by atoms with van der Waals surface area (Å²) in [6, 6.07) is 3.01. The molecule has 0 radical (unpaired) electrons. The molecule has 4 aromatic heterocycles. The number of pyridine rings is 1. The number of nitrogens with one attached hydrogen (secondary N) is 2. The van der Waals surface area contributed by atoms with Crippen molar-refractivity contribution in [2.24, 2.45) is 11.8 Å².